The summed E-state index contributed by atoms with van der Waals surface area (Å²) in [7, 11) is 0. The molecule has 4 nitrogen and oxygen atoms in total. The Morgan fingerprint density at radius 1 is 0.720 bits per heavy atom. The van der Waals surface area contributed by atoms with E-state index in [9.17, 15) is 5.11 Å². The number of rotatable bonds is 7. The molecular weight excluding hydrogens is 794 g/mol. The van der Waals surface area contributed by atoms with Crippen molar-refractivity contribution in [1.82, 2.24) is 14.5 Å². The molecule has 8 aromatic rings. The zero-order valence-corrected chi connectivity index (χ0v) is 30.4. The number of phenols is 1. The van der Waals surface area contributed by atoms with Crippen LogP contribution in [0.3, 0.4) is 0 Å². The molecule has 50 heavy (non-hydrogen) atoms. The van der Waals surface area contributed by atoms with Crippen LogP contribution in [0.4, 0.5) is 0 Å². The van der Waals surface area contributed by atoms with Crippen LogP contribution in [0.2, 0.25) is 0 Å². The van der Waals surface area contributed by atoms with Gasteiger partial charge >= 0.3 is 0 Å². The molecule has 5 heteroatoms. The SMILES string of the molecule is Cc1ccc(-c2[c-]c(-c3cc(CC(C)C)cc4c3nc(-c3ccc(-c5ccccc5)cc3O)n4-c3cccc4ccccc34)ccc2)nc1.[Pt]. The number of imidazole rings is 1. The van der Waals surface area contributed by atoms with Crippen molar-refractivity contribution in [3.05, 3.63) is 157 Å². The van der Waals surface area contributed by atoms with Gasteiger partial charge in [-0.2, -0.15) is 0 Å². The number of nitrogens with zero attached hydrogens (tertiary/aromatic N) is 3. The van der Waals surface area contributed by atoms with E-state index in [-0.39, 0.29) is 26.8 Å². The Morgan fingerprint density at radius 2 is 1.48 bits per heavy atom. The van der Waals surface area contributed by atoms with Crippen molar-refractivity contribution in [2.45, 2.75) is 27.2 Å². The van der Waals surface area contributed by atoms with Gasteiger partial charge in [-0.15, -0.1) is 29.8 Å². The quantitative estimate of drug-likeness (QED) is 0.163. The van der Waals surface area contributed by atoms with Crippen LogP contribution in [-0.2, 0) is 27.5 Å². The minimum absolute atomic E-state index is 0. The minimum Gasteiger partial charge on any atom is -0.507 e. The molecule has 0 saturated carbocycles. The monoisotopic (exact) mass is 829 g/mol. The van der Waals surface area contributed by atoms with Gasteiger partial charge in [0, 0.05) is 38.3 Å². The molecule has 0 aliphatic carbocycles. The second kappa shape index (κ2) is 13.9. The number of aryl methyl sites for hydroxylation is 1. The molecular formula is C45H36N3OPt-. The summed E-state index contributed by atoms with van der Waals surface area (Å²) in [6, 6.07) is 49.4. The number of pyridine rings is 1. The van der Waals surface area contributed by atoms with E-state index in [1.807, 2.05) is 49.5 Å². The molecule has 2 aromatic heterocycles. The average molecular weight is 830 g/mol. The predicted molar refractivity (Wildman–Crippen MR) is 202 cm³/mol. The number of hydrogen-bond acceptors (Lipinski definition) is 3. The first-order valence-corrected chi connectivity index (χ1v) is 16.8. The fourth-order valence-corrected chi connectivity index (χ4v) is 6.79. The van der Waals surface area contributed by atoms with Gasteiger partial charge in [0.25, 0.3) is 0 Å². The third-order valence-corrected chi connectivity index (χ3v) is 9.09. The molecule has 8 rings (SSSR count). The fourth-order valence-electron chi connectivity index (χ4n) is 6.79. The van der Waals surface area contributed by atoms with E-state index < -0.39 is 0 Å². The van der Waals surface area contributed by atoms with Gasteiger partial charge in [0.15, 0.2) is 0 Å². The molecule has 0 spiro atoms. The summed E-state index contributed by atoms with van der Waals surface area (Å²) < 4.78 is 2.23. The van der Waals surface area contributed by atoms with Crippen molar-refractivity contribution in [1.29, 1.82) is 0 Å². The second-order valence-corrected chi connectivity index (χ2v) is 13.2. The molecule has 1 N–H and O–H groups in total. The first kappa shape index (κ1) is 33.2. The Bertz CT molecular complexity index is 2460. The molecule has 0 unspecified atom stereocenters. The number of aromatic nitrogens is 3. The summed E-state index contributed by atoms with van der Waals surface area (Å²) in [5, 5.41) is 13.9. The summed E-state index contributed by atoms with van der Waals surface area (Å²) in [4.78, 5) is 10.1. The van der Waals surface area contributed by atoms with Gasteiger partial charge in [-0.1, -0.05) is 122 Å². The summed E-state index contributed by atoms with van der Waals surface area (Å²) in [5.41, 5.74) is 11.6. The fraction of sp³-hybridized carbons (Fsp3) is 0.111. The molecule has 0 atom stereocenters. The second-order valence-electron chi connectivity index (χ2n) is 13.2. The van der Waals surface area contributed by atoms with Crippen molar-refractivity contribution in [3.63, 3.8) is 0 Å². The van der Waals surface area contributed by atoms with Gasteiger partial charge in [-0.25, -0.2) is 4.98 Å². The zero-order chi connectivity index (χ0) is 33.5. The number of benzene rings is 6. The summed E-state index contributed by atoms with van der Waals surface area (Å²) in [6.45, 7) is 6.55. The normalized spacial score (nSPS) is 11.3. The maximum atomic E-state index is 11.7. The van der Waals surface area contributed by atoms with E-state index >= 15 is 0 Å². The molecule has 6 aromatic carbocycles. The molecule has 2 heterocycles. The average Bonchev–Trinajstić information content (AvgIpc) is 3.50. The Hall–Kier alpha value is -5.31. The topological polar surface area (TPSA) is 50.9 Å². The van der Waals surface area contributed by atoms with Crippen LogP contribution in [0.15, 0.2) is 140 Å². The van der Waals surface area contributed by atoms with Crippen molar-refractivity contribution in [2.75, 3.05) is 0 Å². The molecule has 0 aliphatic heterocycles. The van der Waals surface area contributed by atoms with Gasteiger partial charge in [0.2, 0.25) is 0 Å². The van der Waals surface area contributed by atoms with Crippen LogP contribution in [0.1, 0.15) is 25.0 Å². The van der Waals surface area contributed by atoms with Gasteiger partial charge < -0.3 is 5.11 Å². The van der Waals surface area contributed by atoms with Crippen LogP contribution in [0.25, 0.3) is 72.4 Å². The van der Waals surface area contributed by atoms with Crippen LogP contribution in [0, 0.1) is 18.9 Å². The zero-order valence-electron chi connectivity index (χ0n) is 28.2. The maximum absolute atomic E-state index is 11.7. The van der Waals surface area contributed by atoms with Crippen molar-refractivity contribution in [2.24, 2.45) is 5.92 Å². The van der Waals surface area contributed by atoms with Crippen molar-refractivity contribution >= 4 is 21.8 Å². The molecule has 248 valence electrons. The number of fused-ring (bicyclic) bond motifs is 2. The standard InChI is InChI=1S/C45H36N3O.Pt/c1-29(2)23-31-24-39(35-15-9-16-36(26-35)40-22-19-30(3)28-46-40)44-42(25-31)48(41-18-10-14-33-13-7-8-17-37(33)41)45(47-44)38-21-20-34(27-43(38)49)32-11-5-4-6-12-32;/h4-22,24-25,27-29,49H,23H2,1-3H3;/q-1;. The molecule has 0 radical (unpaired) electrons. The van der Waals surface area contributed by atoms with Gasteiger partial charge in [0.05, 0.1) is 22.3 Å². The number of hydrogen-bond donors (Lipinski definition) is 1. The first-order valence-electron chi connectivity index (χ1n) is 16.8. The number of aromatic hydroxyl groups is 1. The minimum atomic E-state index is 0. The van der Waals surface area contributed by atoms with E-state index in [4.69, 9.17) is 4.98 Å². The van der Waals surface area contributed by atoms with Gasteiger partial charge in [-0.3, -0.25) is 9.55 Å². The van der Waals surface area contributed by atoms with E-state index in [1.165, 1.54) is 5.56 Å². The molecule has 0 fully saturated rings. The third-order valence-electron chi connectivity index (χ3n) is 9.09. The third kappa shape index (κ3) is 6.28. The predicted octanol–water partition coefficient (Wildman–Crippen LogP) is 11.3. The Labute approximate surface area is 307 Å². The Morgan fingerprint density at radius 3 is 2.26 bits per heavy atom. The largest absolute Gasteiger partial charge is 0.507 e. The number of phenolic OH excluding ortho intramolecular Hbond substituents is 1. The van der Waals surface area contributed by atoms with Crippen LogP contribution < -0.4 is 0 Å². The van der Waals surface area contributed by atoms with Gasteiger partial charge in [0.1, 0.15) is 11.6 Å². The first-order chi connectivity index (χ1) is 23.9. The van der Waals surface area contributed by atoms with E-state index in [0.717, 1.165) is 73.0 Å². The van der Waals surface area contributed by atoms with Crippen LogP contribution >= 0.6 is 0 Å². The maximum Gasteiger partial charge on any atom is 0.148 e. The van der Waals surface area contributed by atoms with E-state index in [2.05, 4.69) is 127 Å². The van der Waals surface area contributed by atoms with E-state index in [1.54, 1.807) is 0 Å². The van der Waals surface area contributed by atoms with Crippen LogP contribution in [0.5, 0.6) is 5.75 Å². The summed E-state index contributed by atoms with van der Waals surface area (Å²) >= 11 is 0. The van der Waals surface area contributed by atoms with Gasteiger partial charge in [-0.05, 0) is 65.6 Å². The molecule has 0 saturated heterocycles. The summed E-state index contributed by atoms with van der Waals surface area (Å²) in [5.74, 6) is 1.32. The Balaban J connectivity index is 0.00000392. The van der Waals surface area contributed by atoms with Crippen molar-refractivity contribution < 1.29 is 26.2 Å². The van der Waals surface area contributed by atoms with E-state index in [0.29, 0.717) is 17.3 Å². The molecule has 0 amide bonds. The molecule has 0 bridgehead atoms. The molecule has 0 aliphatic rings. The van der Waals surface area contributed by atoms with Crippen molar-refractivity contribution in [3.8, 4) is 56.3 Å². The van der Waals surface area contributed by atoms with Crippen LogP contribution in [-0.4, -0.2) is 19.6 Å². The summed E-state index contributed by atoms with van der Waals surface area (Å²) in [6.07, 6.45) is 2.81. The Kier molecular flexibility index (Phi) is 9.23. The smallest absolute Gasteiger partial charge is 0.148 e.